The number of methoxy groups -OCH3 is 1. The van der Waals surface area contributed by atoms with E-state index in [1.165, 1.54) is 18.1 Å². The molecule has 0 bridgehead atoms. The molecule has 25 heavy (non-hydrogen) atoms. The number of ether oxygens (including phenoxy) is 3. The molecule has 134 valence electrons. The van der Waals surface area contributed by atoms with E-state index in [1.807, 2.05) is 0 Å². The first-order valence-corrected chi connectivity index (χ1v) is 8.29. The van der Waals surface area contributed by atoms with E-state index >= 15 is 0 Å². The van der Waals surface area contributed by atoms with Crippen LogP contribution in [-0.4, -0.2) is 54.8 Å². The number of carboxylic acids is 1. The second-order valence-corrected chi connectivity index (χ2v) is 5.96. The van der Waals surface area contributed by atoms with Crippen molar-refractivity contribution in [1.82, 2.24) is 4.90 Å². The van der Waals surface area contributed by atoms with Crippen molar-refractivity contribution in [3.63, 3.8) is 0 Å². The molecule has 1 N–H and O–H groups in total. The monoisotopic (exact) mass is 347 g/mol. The Balaban J connectivity index is 1.79. The minimum atomic E-state index is -0.956. The first-order chi connectivity index (χ1) is 12.1. The smallest absolute Gasteiger partial charge is 0.326 e. The van der Waals surface area contributed by atoms with Crippen LogP contribution in [0.15, 0.2) is 18.2 Å². The van der Waals surface area contributed by atoms with E-state index in [0.29, 0.717) is 43.4 Å². The molecule has 1 amide bonds. The van der Waals surface area contributed by atoms with Gasteiger partial charge in [-0.1, -0.05) is 0 Å². The highest BCUT2D eigenvalue weighted by molar-refractivity contribution is 5.94. The molecule has 1 fully saturated rings. The molecule has 7 nitrogen and oxygen atoms in total. The van der Waals surface area contributed by atoms with Crippen LogP contribution in [0, 0.1) is 0 Å². The molecule has 1 unspecified atom stereocenters. The van der Waals surface area contributed by atoms with Gasteiger partial charge in [-0.2, -0.15) is 0 Å². The van der Waals surface area contributed by atoms with E-state index in [9.17, 15) is 14.7 Å². The highest BCUT2D eigenvalue weighted by Gasteiger charge is 2.30. The highest BCUT2D eigenvalue weighted by atomic mass is 16.6. The van der Waals surface area contributed by atoms with Crippen LogP contribution in [-0.2, 0) is 9.59 Å². The van der Waals surface area contributed by atoms with Crippen LogP contribution in [0.4, 0.5) is 0 Å². The quantitative estimate of drug-likeness (QED) is 0.838. The largest absolute Gasteiger partial charge is 0.493 e. The van der Waals surface area contributed by atoms with Gasteiger partial charge in [0, 0.05) is 12.6 Å². The predicted octanol–water partition coefficient (Wildman–Crippen LogP) is 1.95. The van der Waals surface area contributed by atoms with Crippen LogP contribution < -0.4 is 14.2 Å². The zero-order valence-corrected chi connectivity index (χ0v) is 14.1. The molecule has 2 heterocycles. The fourth-order valence-corrected chi connectivity index (χ4v) is 3.10. The minimum absolute atomic E-state index is 0.305. The first-order valence-electron chi connectivity index (χ1n) is 8.29. The number of aliphatic carboxylic acids is 1. The highest BCUT2D eigenvalue weighted by Crippen LogP contribution is 2.40. The van der Waals surface area contributed by atoms with Crippen LogP contribution >= 0.6 is 0 Å². The molecule has 2 aliphatic rings. The molecule has 2 aliphatic heterocycles. The van der Waals surface area contributed by atoms with Crippen molar-refractivity contribution in [1.29, 1.82) is 0 Å². The Morgan fingerprint density at radius 2 is 2.08 bits per heavy atom. The van der Waals surface area contributed by atoms with Gasteiger partial charge in [0.25, 0.3) is 0 Å². The Hall–Kier alpha value is -2.70. The molecule has 0 spiro atoms. The summed E-state index contributed by atoms with van der Waals surface area (Å²) >= 11 is 0. The van der Waals surface area contributed by atoms with Gasteiger partial charge in [-0.25, -0.2) is 4.79 Å². The number of amides is 1. The summed E-state index contributed by atoms with van der Waals surface area (Å²) in [6.07, 6.45) is 5.17. The van der Waals surface area contributed by atoms with Gasteiger partial charge in [0.05, 0.1) is 7.11 Å². The third-order valence-corrected chi connectivity index (χ3v) is 4.34. The average molecular weight is 347 g/mol. The summed E-state index contributed by atoms with van der Waals surface area (Å²) in [5.41, 5.74) is 0.721. The van der Waals surface area contributed by atoms with Gasteiger partial charge in [0.1, 0.15) is 19.3 Å². The molecule has 7 heteroatoms. The molecular weight excluding hydrogens is 326 g/mol. The Morgan fingerprint density at radius 3 is 2.84 bits per heavy atom. The lowest BCUT2D eigenvalue weighted by molar-refractivity contribution is -0.150. The predicted molar refractivity (Wildman–Crippen MR) is 90.0 cm³/mol. The standard InChI is InChI=1S/C18H21NO6/c1-23-14-10-12(11-15-17(14)25-9-8-24-15)5-6-16(20)19-7-3-2-4-13(19)18(21)22/h5-6,10-11,13H,2-4,7-9H2,1H3,(H,21,22)/b6-5+. The van der Waals surface area contributed by atoms with Crippen molar-refractivity contribution in [2.45, 2.75) is 25.3 Å². The van der Waals surface area contributed by atoms with E-state index < -0.39 is 12.0 Å². The van der Waals surface area contributed by atoms with Gasteiger partial charge < -0.3 is 24.2 Å². The molecule has 1 saturated heterocycles. The SMILES string of the molecule is COc1cc(/C=C/C(=O)N2CCCCC2C(=O)O)cc2c1OCCO2. The lowest BCUT2D eigenvalue weighted by atomic mass is 10.0. The van der Waals surface area contributed by atoms with Crippen molar-refractivity contribution in [3.05, 3.63) is 23.8 Å². The van der Waals surface area contributed by atoms with Crippen LogP contribution in [0.5, 0.6) is 17.2 Å². The number of benzene rings is 1. The van der Waals surface area contributed by atoms with Crippen molar-refractivity contribution < 1.29 is 28.9 Å². The number of hydrogen-bond acceptors (Lipinski definition) is 5. The third kappa shape index (κ3) is 3.70. The van der Waals surface area contributed by atoms with Crippen molar-refractivity contribution >= 4 is 18.0 Å². The summed E-state index contributed by atoms with van der Waals surface area (Å²) in [5.74, 6) is 0.396. The molecule has 1 aromatic carbocycles. The number of rotatable bonds is 4. The summed E-state index contributed by atoms with van der Waals surface area (Å²) in [5, 5.41) is 9.28. The molecule has 0 aromatic heterocycles. The molecule has 1 aromatic rings. The van der Waals surface area contributed by atoms with E-state index in [-0.39, 0.29) is 5.91 Å². The first kappa shape index (κ1) is 17.1. The fraction of sp³-hybridized carbons (Fsp3) is 0.444. The summed E-state index contributed by atoms with van der Waals surface area (Å²) in [6, 6.07) is 2.77. The Labute approximate surface area is 145 Å². The summed E-state index contributed by atoms with van der Waals surface area (Å²) in [7, 11) is 1.54. The van der Waals surface area contributed by atoms with Gasteiger partial charge in [-0.15, -0.1) is 0 Å². The van der Waals surface area contributed by atoms with Gasteiger partial charge in [0.15, 0.2) is 11.5 Å². The lowest BCUT2D eigenvalue weighted by Crippen LogP contribution is -2.47. The van der Waals surface area contributed by atoms with E-state index in [4.69, 9.17) is 14.2 Å². The Bertz CT molecular complexity index is 682. The van der Waals surface area contributed by atoms with Gasteiger partial charge in [0.2, 0.25) is 11.7 Å². The molecule has 1 atom stereocenters. The number of hydrogen-bond donors (Lipinski definition) is 1. The Kier molecular flexibility index (Phi) is 5.11. The van der Waals surface area contributed by atoms with Crippen LogP contribution in [0.2, 0.25) is 0 Å². The zero-order chi connectivity index (χ0) is 17.8. The lowest BCUT2D eigenvalue weighted by Gasteiger charge is -2.32. The second kappa shape index (κ2) is 7.46. The molecule has 0 radical (unpaired) electrons. The van der Waals surface area contributed by atoms with Crippen LogP contribution in [0.1, 0.15) is 24.8 Å². The number of fused-ring (bicyclic) bond motifs is 1. The minimum Gasteiger partial charge on any atom is -0.493 e. The number of nitrogens with zero attached hydrogens (tertiary/aromatic N) is 1. The Morgan fingerprint density at radius 1 is 1.28 bits per heavy atom. The van der Waals surface area contributed by atoms with Crippen LogP contribution in [0.25, 0.3) is 6.08 Å². The number of piperidine rings is 1. The normalized spacial score (nSPS) is 19.7. The fourth-order valence-electron chi connectivity index (χ4n) is 3.10. The average Bonchev–Trinajstić information content (AvgIpc) is 2.65. The van der Waals surface area contributed by atoms with Gasteiger partial charge in [-0.05, 0) is 43.0 Å². The third-order valence-electron chi connectivity index (χ3n) is 4.34. The molecular formula is C18H21NO6. The number of likely N-dealkylation sites (tertiary alicyclic amines) is 1. The number of carboxylic acid groups (broad SMARTS) is 1. The number of carbonyl (C=O) groups excluding carboxylic acids is 1. The van der Waals surface area contributed by atoms with Crippen molar-refractivity contribution in [2.24, 2.45) is 0 Å². The van der Waals surface area contributed by atoms with Crippen molar-refractivity contribution in [2.75, 3.05) is 26.9 Å². The summed E-state index contributed by atoms with van der Waals surface area (Å²) in [4.78, 5) is 25.2. The molecule has 0 saturated carbocycles. The maximum atomic E-state index is 12.4. The van der Waals surface area contributed by atoms with E-state index in [1.54, 1.807) is 18.2 Å². The van der Waals surface area contributed by atoms with E-state index in [0.717, 1.165) is 18.4 Å². The summed E-state index contributed by atoms with van der Waals surface area (Å²) < 4.78 is 16.4. The molecule has 0 aliphatic carbocycles. The second-order valence-electron chi connectivity index (χ2n) is 5.96. The molecule has 3 rings (SSSR count). The van der Waals surface area contributed by atoms with Crippen molar-refractivity contribution in [3.8, 4) is 17.2 Å². The van der Waals surface area contributed by atoms with Gasteiger partial charge >= 0.3 is 5.97 Å². The maximum absolute atomic E-state index is 12.4. The maximum Gasteiger partial charge on any atom is 0.326 e. The van der Waals surface area contributed by atoms with E-state index in [2.05, 4.69) is 0 Å². The topological polar surface area (TPSA) is 85.3 Å². The zero-order valence-electron chi connectivity index (χ0n) is 14.1. The summed E-state index contributed by atoms with van der Waals surface area (Å²) in [6.45, 7) is 1.38. The number of carbonyl (C=O) groups is 2. The van der Waals surface area contributed by atoms with Crippen LogP contribution in [0.3, 0.4) is 0 Å². The van der Waals surface area contributed by atoms with Gasteiger partial charge in [-0.3, -0.25) is 4.79 Å².